The van der Waals surface area contributed by atoms with Gasteiger partial charge in [0.15, 0.2) is 0 Å². The van der Waals surface area contributed by atoms with Gasteiger partial charge < -0.3 is 14.2 Å². The number of nitrogens with zero attached hydrogens (tertiary/aromatic N) is 3. The summed E-state index contributed by atoms with van der Waals surface area (Å²) in [5.74, 6) is 0. The van der Waals surface area contributed by atoms with Crippen molar-refractivity contribution in [2.45, 2.75) is 142 Å². The van der Waals surface area contributed by atoms with Crippen molar-refractivity contribution in [3.05, 3.63) is 155 Å². The van der Waals surface area contributed by atoms with Gasteiger partial charge >= 0.3 is 0 Å². The van der Waals surface area contributed by atoms with E-state index in [2.05, 4.69) is 232 Å². The minimum Gasteiger partial charge on any atom is -0.311 e. The zero-order valence-corrected chi connectivity index (χ0v) is 42.9. The molecule has 0 radical (unpaired) electrons. The van der Waals surface area contributed by atoms with E-state index in [4.69, 9.17) is 0 Å². The van der Waals surface area contributed by atoms with Crippen LogP contribution in [0.2, 0.25) is 0 Å². The molecule has 2 aliphatic heterocycles. The number of aromatic nitrogens is 1. The van der Waals surface area contributed by atoms with E-state index in [1.54, 1.807) is 0 Å². The molecular weight excluding hydrogens is 822 g/mol. The van der Waals surface area contributed by atoms with Crippen LogP contribution in [0.15, 0.2) is 121 Å². The molecule has 4 heterocycles. The van der Waals surface area contributed by atoms with Crippen LogP contribution in [0.1, 0.15) is 143 Å². The highest BCUT2D eigenvalue weighted by Crippen LogP contribution is 2.56. The molecule has 9 aromatic rings. The van der Waals surface area contributed by atoms with Crippen molar-refractivity contribution in [3.63, 3.8) is 0 Å². The summed E-state index contributed by atoms with van der Waals surface area (Å²) in [6, 6.07) is 48.5. The highest BCUT2D eigenvalue weighted by molar-refractivity contribution is 7.00. The van der Waals surface area contributed by atoms with Crippen molar-refractivity contribution in [2.24, 2.45) is 0 Å². The fraction of sp³-hybridized carbons (Fsp3) is 0.344. The highest BCUT2D eigenvalue weighted by atomic mass is 15.2. The van der Waals surface area contributed by atoms with Gasteiger partial charge in [0.1, 0.15) is 0 Å². The van der Waals surface area contributed by atoms with Crippen molar-refractivity contribution in [1.82, 2.24) is 4.40 Å². The van der Waals surface area contributed by atoms with E-state index >= 15 is 0 Å². The minimum atomic E-state index is -0.122. The summed E-state index contributed by atoms with van der Waals surface area (Å²) in [6.45, 7) is 33.9. The van der Waals surface area contributed by atoms with Crippen LogP contribution in [0.4, 0.5) is 34.1 Å². The largest absolute Gasteiger partial charge is 0.311 e. The van der Waals surface area contributed by atoms with Crippen molar-refractivity contribution < 1.29 is 0 Å². The molecular formula is C64H66BN3. The number of benzene rings is 7. The Morgan fingerprint density at radius 2 is 0.971 bits per heavy atom. The van der Waals surface area contributed by atoms with E-state index < -0.39 is 0 Å². The summed E-state index contributed by atoms with van der Waals surface area (Å²) >= 11 is 0. The number of hydrogen-bond acceptors (Lipinski definition) is 2. The molecule has 0 saturated heterocycles. The lowest BCUT2D eigenvalue weighted by Gasteiger charge is -2.46. The fourth-order valence-electron chi connectivity index (χ4n) is 14.7. The Morgan fingerprint density at radius 1 is 0.441 bits per heavy atom. The fourth-order valence-corrected chi connectivity index (χ4v) is 14.7. The molecule has 2 aromatic heterocycles. The number of para-hydroxylation sites is 2. The summed E-state index contributed by atoms with van der Waals surface area (Å²) in [7, 11) is 0. The molecule has 0 bridgehead atoms. The molecule has 7 aromatic carbocycles. The molecule has 0 N–H and O–H groups in total. The Balaban J connectivity index is 1.23. The van der Waals surface area contributed by atoms with Crippen LogP contribution in [0.25, 0.3) is 38.1 Å². The third kappa shape index (κ3) is 5.49. The van der Waals surface area contributed by atoms with Gasteiger partial charge in [-0.2, -0.15) is 0 Å². The summed E-state index contributed by atoms with van der Waals surface area (Å²) in [5.41, 5.74) is 24.5. The van der Waals surface area contributed by atoms with Gasteiger partial charge in [0.05, 0.1) is 22.2 Å². The number of rotatable bonds is 2. The standard InChI is InChI=1S/C64H66BN3/c1-59(2,3)37-23-25-39(26-24-37)67-54-30-38(60(4,5)6)29-53-56(54)65(49-32-43-41-19-15-17-21-50(41)68-51-22-18-16-20-42(51)55(57(43)68)58(49)67)48-33-46-47(64(13,14)36-63(46,11)12)34-52(48)66(53)40-27-28-44-45(31-40)62(9,10)35-61(44,7)8/h15-34H,35-36H2,1-14H3. The van der Waals surface area contributed by atoms with E-state index in [0.29, 0.717) is 0 Å². The van der Waals surface area contributed by atoms with Crippen molar-refractivity contribution >= 4 is 95.3 Å². The van der Waals surface area contributed by atoms with Gasteiger partial charge in [-0.1, -0.05) is 164 Å². The lowest BCUT2D eigenvalue weighted by atomic mass is 9.33. The zero-order chi connectivity index (χ0) is 47.6. The summed E-state index contributed by atoms with van der Waals surface area (Å²) in [6.07, 6.45) is 2.26. The molecule has 340 valence electrons. The first-order chi connectivity index (χ1) is 32.0. The van der Waals surface area contributed by atoms with Gasteiger partial charge in [0.2, 0.25) is 0 Å². The van der Waals surface area contributed by atoms with Gasteiger partial charge in [-0.3, -0.25) is 0 Å². The molecule has 2 aliphatic carbocycles. The maximum absolute atomic E-state index is 2.72. The van der Waals surface area contributed by atoms with Gasteiger partial charge in [-0.25, -0.2) is 0 Å². The Hall–Kier alpha value is -6.00. The molecule has 0 unspecified atom stereocenters. The first-order valence-corrected chi connectivity index (χ1v) is 25.4. The summed E-state index contributed by atoms with van der Waals surface area (Å²) in [4.78, 5) is 5.41. The third-order valence-electron chi connectivity index (χ3n) is 17.3. The van der Waals surface area contributed by atoms with Crippen LogP contribution in [0, 0.1) is 0 Å². The lowest BCUT2D eigenvalue weighted by Crippen LogP contribution is -2.61. The Kier molecular flexibility index (Phi) is 8.05. The van der Waals surface area contributed by atoms with E-state index in [1.165, 1.54) is 122 Å². The van der Waals surface area contributed by atoms with Crippen LogP contribution in [-0.4, -0.2) is 11.1 Å². The van der Waals surface area contributed by atoms with Crippen LogP contribution in [0.3, 0.4) is 0 Å². The predicted molar refractivity (Wildman–Crippen MR) is 294 cm³/mol. The second-order valence-electron chi connectivity index (χ2n) is 26.1. The Labute approximate surface area is 404 Å². The zero-order valence-electron chi connectivity index (χ0n) is 42.9. The molecule has 4 heteroatoms. The first kappa shape index (κ1) is 42.1. The van der Waals surface area contributed by atoms with Crippen LogP contribution in [0.5, 0.6) is 0 Å². The van der Waals surface area contributed by atoms with Crippen molar-refractivity contribution in [1.29, 1.82) is 0 Å². The van der Waals surface area contributed by atoms with Crippen LogP contribution >= 0.6 is 0 Å². The highest BCUT2D eigenvalue weighted by Gasteiger charge is 2.50. The van der Waals surface area contributed by atoms with Gasteiger partial charge in [0.25, 0.3) is 6.71 Å². The molecule has 0 amide bonds. The first-order valence-electron chi connectivity index (χ1n) is 25.4. The summed E-state index contributed by atoms with van der Waals surface area (Å²) in [5, 5.41) is 5.29. The predicted octanol–water partition coefficient (Wildman–Crippen LogP) is 15.4. The minimum absolute atomic E-state index is 0.00879. The quantitative estimate of drug-likeness (QED) is 0.160. The molecule has 13 rings (SSSR count). The lowest BCUT2D eigenvalue weighted by molar-refractivity contribution is 0.403. The number of fused-ring (bicyclic) bond motifs is 13. The van der Waals surface area contributed by atoms with Crippen LogP contribution < -0.4 is 26.2 Å². The van der Waals surface area contributed by atoms with Gasteiger partial charge in [0, 0.05) is 50.0 Å². The maximum Gasteiger partial charge on any atom is 0.252 e. The topological polar surface area (TPSA) is 10.9 Å². The maximum atomic E-state index is 2.72. The molecule has 0 saturated carbocycles. The number of anilines is 6. The Bertz CT molecular complexity index is 3660. The normalized spacial score (nSPS) is 18.4. The average Bonchev–Trinajstić information content (AvgIpc) is 3.90. The Morgan fingerprint density at radius 3 is 1.60 bits per heavy atom. The molecule has 0 spiro atoms. The number of hydrogen-bond donors (Lipinski definition) is 0. The second-order valence-corrected chi connectivity index (χ2v) is 26.1. The van der Waals surface area contributed by atoms with E-state index in [9.17, 15) is 0 Å². The van der Waals surface area contributed by atoms with Crippen LogP contribution in [-0.2, 0) is 32.5 Å². The van der Waals surface area contributed by atoms with Gasteiger partial charge in [-0.15, -0.1) is 0 Å². The van der Waals surface area contributed by atoms with E-state index in [0.717, 1.165) is 12.8 Å². The molecule has 4 aliphatic rings. The monoisotopic (exact) mass is 888 g/mol. The molecule has 0 atom stereocenters. The van der Waals surface area contributed by atoms with Crippen molar-refractivity contribution in [2.75, 3.05) is 9.80 Å². The van der Waals surface area contributed by atoms with Gasteiger partial charge in [-0.05, 0) is 150 Å². The molecule has 68 heavy (non-hydrogen) atoms. The van der Waals surface area contributed by atoms with Crippen molar-refractivity contribution in [3.8, 4) is 0 Å². The molecule has 0 fully saturated rings. The molecule has 3 nitrogen and oxygen atoms in total. The van der Waals surface area contributed by atoms with E-state index in [-0.39, 0.29) is 39.2 Å². The average molecular weight is 888 g/mol. The summed E-state index contributed by atoms with van der Waals surface area (Å²) < 4.78 is 2.56. The third-order valence-corrected chi connectivity index (χ3v) is 17.3. The smallest absolute Gasteiger partial charge is 0.252 e. The second kappa shape index (κ2) is 13.0. The van der Waals surface area contributed by atoms with E-state index in [1.807, 2.05) is 0 Å². The SMILES string of the molecule is CC(C)(C)c1ccc(N2c3cc(C(C)(C)C)cc4c3B(c3cc5c(cc3N4c3ccc4c(c3)C(C)(C)CC4(C)C)C(C)(C)CC5(C)C)c3cc4c5ccccc5n5c6ccccc6c(c32)c45)cc1.